The molecular formula is C26H19N4O7-. The number of anilines is 2. The van der Waals surface area contributed by atoms with E-state index in [0.717, 1.165) is 30.6 Å². The molecule has 11 nitrogen and oxygen atoms in total. The topological polar surface area (TPSA) is 139 Å². The molecule has 0 unspecified atom stereocenters. The Hall–Kier alpha value is -5.45. The van der Waals surface area contributed by atoms with Gasteiger partial charge in [0.15, 0.2) is 0 Å². The molecule has 4 aromatic rings. The van der Waals surface area contributed by atoms with Gasteiger partial charge in [-0.3, -0.25) is 20.2 Å². The maximum atomic E-state index is 11.8. The van der Waals surface area contributed by atoms with E-state index in [2.05, 4.69) is 10.2 Å². The van der Waals surface area contributed by atoms with Crippen LogP contribution in [0.5, 0.6) is 11.5 Å². The number of methoxy groups -OCH3 is 1. The third-order valence-electron chi connectivity index (χ3n) is 5.14. The summed E-state index contributed by atoms with van der Waals surface area (Å²) in [6.45, 7) is 0. The van der Waals surface area contributed by atoms with Gasteiger partial charge in [-0.05, 0) is 36.4 Å². The van der Waals surface area contributed by atoms with E-state index in [1.54, 1.807) is 17.1 Å². The van der Waals surface area contributed by atoms with E-state index in [-0.39, 0.29) is 11.3 Å². The Kier molecular flexibility index (Phi) is 7.24. The van der Waals surface area contributed by atoms with Crippen molar-refractivity contribution < 1.29 is 24.1 Å². The van der Waals surface area contributed by atoms with Gasteiger partial charge in [0.25, 0.3) is 5.75 Å². The number of carbonyl (C=O) groups excluding carboxylic acids is 1. The van der Waals surface area contributed by atoms with Gasteiger partial charge >= 0.3 is 17.3 Å². The van der Waals surface area contributed by atoms with Crippen molar-refractivity contribution >= 4 is 34.4 Å². The monoisotopic (exact) mass is 499 g/mol. The second-order valence-corrected chi connectivity index (χ2v) is 7.53. The van der Waals surface area contributed by atoms with Crippen molar-refractivity contribution in [1.29, 1.82) is 0 Å². The Balaban J connectivity index is 1.64. The summed E-state index contributed by atoms with van der Waals surface area (Å²) in [5, 5.41) is 25.0. The summed E-state index contributed by atoms with van der Waals surface area (Å²) in [6.07, 6.45) is 0. The van der Waals surface area contributed by atoms with Gasteiger partial charge in [0.2, 0.25) is 0 Å². The van der Waals surface area contributed by atoms with Gasteiger partial charge in [0, 0.05) is 23.5 Å². The van der Waals surface area contributed by atoms with Crippen LogP contribution >= 0.6 is 0 Å². The number of rotatable bonds is 9. The first-order chi connectivity index (χ1) is 17.9. The molecule has 0 saturated carbocycles. The zero-order valence-electron chi connectivity index (χ0n) is 19.4. The van der Waals surface area contributed by atoms with Crippen molar-refractivity contribution in [2.45, 2.75) is 0 Å². The van der Waals surface area contributed by atoms with Gasteiger partial charge in [-0.25, -0.2) is 4.79 Å². The van der Waals surface area contributed by atoms with Gasteiger partial charge in [0.05, 0.1) is 22.5 Å². The van der Waals surface area contributed by atoms with E-state index in [1.807, 2.05) is 60.7 Å². The zero-order valence-corrected chi connectivity index (χ0v) is 19.4. The van der Waals surface area contributed by atoms with Gasteiger partial charge in [-0.15, -0.1) is 5.69 Å². The Bertz CT molecular complexity index is 1350. The van der Waals surface area contributed by atoms with Crippen LogP contribution in [0.4, 0.5) is 28.4 Å². The van der Waals surface area contributed by atoms with Crippen molar-refractivity contribution in [3.63, 3.8) is 0 Å². The highest BCUT2D eigenvalue weighted by atomic mass is 16.6. The van der Waals surface area contributed by atoms with Gasteiger partial charge in [-0.2, -0.15) is 0 Å². The number of para-hydroxylation sites is 2. The molecule has 37 heavy (non-hydrogen) atoms. The lowest BCUT2D eigenvalue weighted by Crippen LogP contribution is -2.09. The number of nitro groups is 2. The molecule has 0 aliphatic rings. The number of esters is 1. The number of carbonyl (C=O) groups is 1. The number of nitro benzene ring substituents is 2. The van der Waals surface area contributed by atoms with Crippen LogP contribution < -0.4 is 9.75 Å². The minimum Gasteiger partial charge on any atom is -0.590 e. The standard InChI is InChI=1S/C26H19N4O7/c1-36-26(31)18-16-23(29(32)33)25(24(17-18)30(34)35)37-22-14-12-19(13-15-22)27-28(20-8-4-2-5-9-20)21-10-6-3-7-11-21/h2-17H,1H3/q-1. The van der Waals surface area contributed by atoms with Crippen LogP contribution in [0.25, 0.3) is 5.43 Å². The van der Waals surface area contributed by atoms with E-state index in [1.165, 1.54) is 12.1 Å². The fourth-order valence-corrected chi connectivity index (χ4v) is 3.43. The average Bonchev–Trinajstić information content (AvgIpc) is 2.92. The number of ether oxygens (including phenoxy) is 2. The summed E-state index contributed by atoms with van der Waals surface area (Å²) in [6, 6.07) is 26.9. The van der Waals surface area contributed by atoms with E-state index in [4.69, 9.17) is 4.74 Å². The molecule has 0 aliphatic heterocycles. The predicted molar refractivity (Wildman–Crippen MR) is 136 cm³/mol. The molecule has 0 heterocycles. The molecule has 11 heteroatoms. The van der Waals surface area contributed by atoms with Crippen LogP contribution in [-0.4, -0.2) is 22.9 Å². The fourth-order valence-electron chi connectivity index (χ4n) is 3.43. The van der Waals surface area contributed by atoms with Crippen LogP contribution in [0.2, 0.25) is 0 Å². The number of hydrogen-bond acceptors (Lipinski definition) is 8. The van der Waals surface area contributed by atoms with Crippen LogP contribution in [0.1, 0.15) is 10.4 Å². The second kappa shape index (κ2) is 10.9. The molecule has 186 valence electrons. The second-order valence-electron chi connectivity index (χ2n) is 7.53. The van der Waals surface area contributed by atoms with E-state index in [0.29, 0.717) is 5.69 Å². The molecule has 0 spiro atoms. The summed E-state index contributed by atoms with van der Waals surface area (Å²) >= 11 is 0. The largest absolute Gasteiger partial charge is 0.590 e. The lowest BCUT2D eigenvalue weighted by molar-refractivity contribution is -0.395. The number of hydrogen-bond donors (Lipinski definition) is 0. The summed E-state index contributed by atoms with van der Waals surface area (Å²) in [4.78, 5) is 33.4. The molecule has 0 aliphatic carbocycles. The highest BCUT2D eigenvalue weighted by molar-refractivity contribution is 5.92. The number of nitrogens with zero attached hydrogens (tertiary/aromatic N) is 4. The quantitative estimate of drug-likeness (QED) is 0.138. The molecule has 0 atom stereocenters. The Morgan fingerprint density at radius 1 is 0.784 bits per heavy atom. The minimum absolute atomic E-state index is 0.0990. The van der Waals surface area contributed by atoms with Gasteiger partial charge in [-0.1, -0.05) is 48.5 Å². The van der Waals surface area contributed by atoms with E-state index < -0.39 is 32.9 Å². The molecular weight excluding hydrogens is 480 g/mol. The first kappa shape index (κ1) is 24.7. The van der Waals surface area contributed by atoms with E-state index >= 15 is 0 Å². The molecule has 0 amide bonds. The summed E-state index contributed by atoms with van der Waals surface area (Å²) in [5.74, 6) is -1.46. The maximum Gasteiger partial charge on any atom is 0.338 e. The van der Waals surface area contributed by atoms with Crippen LogP contribution in [0.15, 0.2) is 97.1 Å². The smallest absolute Gasteiger partial charge is 0.338 e. The molecule has 0 N–H and O–H groups in total. The van der Waals surface area contributed by atoms with Gasteiger partial charge in [0.1, 0.15) is 5.75 Å². The molecule has 0 saturated heterocycles. The molecule has 0 radical (unpaired) electrons. The summed E-state index contributed by atoms with van der Waals surface area (Å²) in [5.41, 5.74) is 5.03. The van der Waals surface area contributed by atoms with Crippen molar-refractivity contribution in [1.82, 2.24) is 0 Å². The van der Waals surface area contributed by atoms with Crippen LogP contribution in [-0.2, 0) is 4.74 Å². The average molecular weight is 499 g/mol. The lowest BCUT2D eigenvalue weighted by atomic mass is 10.1. The van der Waals surface area contributed by atoms with Crippen molar-refractivity contribution in [2.24, 2.45) is 0 Å². The molecule has 4 rings (SSSR count). The van der Waals surface area contributed by atoms with Crippen molar-refractivity contribution in [3.05, 3.63) is 128 Å². The van der Waals surface area contributed by atoms with Crippen LogP contribution in [0.3, 0.4) is 0 Å². The Morgan fingerprint density at radius 2 is 1.27 bits per heavy atom. The van der Waals surface area contributed by atoms with E-state index in [9.17, 15) is 25.0 Å². The molecule has 0 bridgehead atoms. The first-order valence-electron chi connectivity index (χ1n) is 10.8. The number of benzene rings is 4. The normalized spacial score (nSPS) is 10.3. The maximum absolute atomic E-state index is 11.8. The van der Waals surface area contributed by atoms with Crippen molar-refractivity contribution in [2.75, 3.05) is 12.1 Å². The summed E-state index contributed by atoms with van der Waals surface area (Å²) < 4.78 is 10.1. The molecule has 4 aromatic carbocycles. The van der Waals surface area contributed by atoms with Gasteiger partial charge < -0.3 is 19.9 Å². The third-order valence-corrected chi connectivity index (χ3v) is 5.14. The molecule has 0 fully saturated rings. The highest BCUT2D eigenvalue weighted by Gasteiger charge is 2.31. The molecule has 0 aromatic heterocycles. The minimum atomic E-state index is -0.954. The van der Waals surface area contributed by atoms with Crippen molar-refractivity contribution in [3.8, 4) is 11.5 Å². The summed E-state index contributed by atoms with van der Waals surface area (Å²) in [7, 11) is 1.06. The predicted octanol–water partition coefficient (Wildman–Crippen LogP) is 6.84. The SMILES string of the molecule is COC(=O)c1cc([N+](=O)[O-])c(Oc2ccc([N-]N(c3ccccc3)c3ccccc3)cc2)c([N+](=O)[O-])c1. The van der Waals surface area contributed by atoms with Crippen LogP contribution in [0, 0.1) is 20.2 Å². The first-order valence-corrected chi connectivity index (χ1v) is 10.8. The Morgan fingerprint density at radius 3 is 1.70 bits per heavy atom. The Labute approximate surface area is 210 Å². The highest BCUT2D eigenvalue weighted by Crippen LogP contribution is 2.42. The lowest BCUT2D eigenvalue weighted by Gasteiger charge is -2.40. The third kappa shape index (κ3) is 5.62. The zero-order chi connectivity index (χ0) is 26.4. The fraction of sp³-hybridized carbons (Fsp3) is 0.0385.